The normalized spacial score (nSPS) is 27.6. The zero-order valence-electron chi connectivity index (χ0n) is 14.9. The van der Waals surface area contributed by atoms with Crippen molar-refractivity contribution in [2.24, 2.45) is 0 Å². The number of hydrogen-bond donors (Lipinski definition) is 1. The quantitative estimate of drug-likeness (QED) is 0.265. The standard InChI is InChI=1S/C16H26O9/c1-9-14(23-11(3)18)15(24-12(4)19)13(8-22-10(2)17)25-16(9)21-7-6-20-5/h10,13-17H,1,6-8H2,2-5H3/t10?,13-,14-,15+,16-/m1/s1. The molecule has 0 saturated carbocycles. The molecule has 1 aliphatic heterocycles. The van der Waals surface area contributed by atoms with Crippen molar-refractivity contribution >= 4 is 11.9 Å². The van der Waals surface area contributed by atoms with Crippen LogP contribution in [0.5, 0.6) is 0 Å². The van der Waals surface area contributed by atoms with Crippen molar-refractivity contribution in [3.63, 3.8) is 0 Å². The van der Waals surface area contributed by atoms with E-state index in [9.17, 15) is 14.7 Å². The molecule has 0 bridgehead atoms. The number of rotatable bonds is 9. The number of ether oxygens (including phenoxy) is 6. The average molecular weight is 362 g/mol. The molecule has 0 aromatic heterocycles. The Bertz CT molecular complexity index is 463. The summed E-state index contributed by atoms with van der Waals surface area (Å²) in [6.07, 6.45) is -4.73. The number of hydrogen-bond acceptors (Lipinski definition) is 9. The molecule has 1 saturated heterocycles. The molecule has 1 fully saturated rings. The summed E-state index contributed by atoms with van der Waals surface area (Å²) in [6, 6.07) is 0. The second-order valence-electron chi connectivity index (χ2n) is 5.48. The Balaban J connectivity index is 2.99. The van der Waals surface area contributed by atoms with Gasteiger partial charge in [0.1, 0.15) is 6.10 Å². The van der Waals surface area contributed by atoms with Crippen LogP contribution in [0.25, 0.3) is 0 Å². The molecule has 0 amide bonds. The highest BCUT2D eigenvalue weighted by Crippen LogP contribution is 2.30. The van der Waals surface area contributed by atoms with Gasteiger partial charge in [-0.3, -0.25) is 9.59 Å². The van der Waals surface area contributed by atoms with Gasteiger partial charge >= 0.3 is 11.9 Å². The van der Waals surface area contributed by atoms with Crippen LogP contribution < -0.4 is 0 Å². The minimum absolute atomic E-state index is 0.106. The van der Waals surface area contributed by atoms with Gasteiger partial charge in [-0.25, -0.2) is 0 Å². The Kier molecular flexibility index (Phi) is 9.01. The third-order valence-electron chi connectivity index (χ3n) is 3.28. The van der Waals surface area contributed by atoms with E-state index in [2.05, 4.69) is 6.58 Å². The minimum Gasteiger partial charge on any atom is -0.455 e. The van der Waals surface area contributed by atoms with Gasteiger partial charge in [-0.15, -0.1) is 0 Å². The zero-order valence-corrected chi connectivity index (χ0v) is 14.9. The molecule has 0 aromatic carbocycles. The Morgan fingerprint density at radius 3 is 2.40 bits per heavy atom. The van der Waals surface area contributed by atoms with E-state index in [1.54, 1.807) is 0 Å². The molecule has 0 radical (unpaired) electrons. The smallest absolute Gasteiger partial charge is 0.303 e. The van der Waals surface area contributed by atoms with Crippen molar-refractivity contribution in [3.8, 4) is 0 Å². The van der Waals surface area contributed by atoms with Gasteiger partial charge in [0, 0.05) is 26.5 Å². The van der Waals surface area contributed by atoms with Crippen LogP contribution >= 0.6 is 0 Å². The molecule has 1 N–H and O–H groups in total. The average Bonchev–Trinajstić information content (AvgIpc) is 2.51. The van der Waals surface area contributed by atoms with Crippen molar-refractivity contribution in [2.75, 3.05) is 26.9 Å². The van der Waals surface area contributed by atoms with Crippen LogP contribution in [0.15, 0.2) is 12.2 Å². The monoisotopic (exact) mass is 362 g/mol. The summed E-state index contributed by atoms with van der Waals surface area (Å²) in [5.74, 6) is -1.16. The molecular formula is C16H26O9. The predicted octanol–water partition coefficient (Wildman–Crippen LogP) is 0.149. The Morgan fingerprint density at radius 2 is 1.88 bits per heavy atom. The summed E-state index contributed by atoms with van der Waals surface area (Å²) in [4.78, 5) is 22.9. The molecule has 0 aliphatic carbocycles. The molecule has 1 aliphatic rings. The fourth-order valence-electron chi connectivity index (χ4n) is 2.27. The lowest BCUT2D eigenvalue weighted by atomic mass is 9.97. The summed E-state index contributed by atoms with van der Waals surface area (Å²) in [7, 11) is 1.53. The molecule has 0 spiro atoms. The first-order chi connectivity index (χ1) is 11.8. The second-order valence-corrected chi connectivity index (χ2v) is 5.48. The van der Waals surface area contributed by atoms with Gasteiger partial charge in [0.05, 0.1) is 19.8 Å². The molecule has 1 heterocycles. The van der Waals surface area contributed by atoms with Crippen molar-refractivity contribution in [3.05, 3.63) is 12.2 Å². The van der Waals surface area contributed by atoms with E-state index in [0.29, 0.717) is 12.2 Å². The number of carbonyl (C=O) groups is 2. The molecule has 1 rings (SSSR count). The van der Waals surface area contributed by atoms with E-state index in [1.807, 2.05) is 0 Å². The second kappa shape index (κ2) is 10.5. The maximum Gasteiger partial charge on any atom is 0.303 e. The van der Waals surface area contributed by atoms with E-state index < -0.39 is 42.8 Å². The molecule has 9 heteroatoms. The molecule has 0 aromatic rings. The van der Waals surface area contributed by atoms with Crippen molar-refractivity contribution in [1.82, 2.24) is 0 Å². The van der Waals surface area contributed by atoms with Gasteiger partial charge in [-0.2, -0.15) is 0 Å². The lowest BCUT2D eigenvalue weighted by molar-refractivity contribution is -0.250. The molecule has 144 valence electrons. The third-order valence-corrected chi connectivity index (χ3v) is 3.28. The van der Waals surface area contributed by atoms with Gasteiger partial charge in [-0.05, 0) is 6.92 Å². The number of aliphatic hydroxyl groups is 1. The molecular weight excluding hydrogens is 336 g/mol. The summed E-state index contributed by atoms with van der Waals surface area (Å²) in [5, 5.41) is 9.32. The van der Waals surface area contributed by atoms with Crippen molar-refractivity contribution < 1.29 is 43.1 Å². The van der Waals surface area contributed by atoms with Crippen LogP contribution in [0.3, 0.4) is 0 Å². The van der Waals surface area contributed by atoms with E-state index in [1.165, 1.54) is 27.9 Å². The predicted molar refractivity (Wildman–Crippen MR) is 84.4 cm³/mol. The highest BCUT2D eigenvalue weighted by atomic mass is 16.7. The first kappa shape index (κ1) is 21.5. The maximum atomic E-state index is 11.5. The van der Waals surface area contributed by atoms with Gasteiger partial charge < -0.3 is 33.5 Å². The fraction of sp³-hybridized carbons (Fsp3) is 0.750. The van der Waals surface area contributed by atoms with Crippen LogP contribution in [0.1, 0.15) is 20.8 Å². The number of carbonyl (C=O) groups excluding carboxylic acids is 2. The van der Waals surface area contributed by atoms with Crippen LogP contribution in [-0.2, 0) is 38.0 Å². The van der Waals surface area contributed by atoms with E-state index >= 15 is 0 Å². The van der Waals surface area contributed by atoms with Crippen molar-refractivity contribution in [1.29, 1.82) is 0 Å². The van der Waals surface area contributed by atoms with Gasteiger partial charge in [-0.1, -0.05) is 6.58 Å². The minimum atomic E-state index is -1.05. The van der Waals surface area contributed by atoms with E-state index in [0.717, 1.165) is 0 Å². The van der Waals surface area contributed by atoms with Crippen molar-refractivity contribution in [2.45, 2.75) is 51.7 Å². The Morgan fingerprint density at radius 1 is 1.24 bits per heavy atom. The Labute approximate surface area is 146 Å². The van der Waals surface area contributed by atoms with E-state index in [-0.39, 0.29) is 13.2 Å². The number of methoxy groups -OCH3 is 1. The van der Waals surface area contributed by atoms with Crippen LogP contribution in [0, 0.1) is 0 Å². The van der Waals surface area contributed by atoms with Crippen LogP contribution in [-0.4, -0.2) is 74.9 Å². The molecule has 9 nitrogen and oxygen atoms in total. The fourth-order valence-corrected chi connectivity index (χ4v) is 2.27. The Hall–Kier alpha value is -1.52. The zero-order chi connectivity index (χ0) is 19.0. The van der Waals surface area contributed by atoms with Crippen LogP contribution in [0.2, 0.25) is 0 Å². The summed E-state index contributed by atoms with van der Waals surface area (Å²) in [5.41, 5.74) is 0.297. The van der Waals surface area contributed by atoms with Crippen LogP contribution in [0.4, 0.5) is 0 Å². The first-order valence-corrected chi connectivity index (χ1v) is 7.85. The van der Waals surface area contributed by atoms with Gasteiger partial charge in [0.15, 0.2) is 24.8 Å². The lowest BCUT2D eigenvalue weighted by Gasteiger charge is -2.41. The molecule has 1 unspecified atom stereocenters. The molecule has 5 atom stereocenters. The van der Waals surface area contributed by atoms with Gasteiger partial charge in [0.2, 0.25) is 0 Å². The lowest BCUT2D eigenvalue weighted by Crippen LogP contribution is -2.55. The van der Waals surface area contributed by atoms with Gasteiger partial charge in [0.25, 0.3) is 0 Å². The third kappa shape index (κ3) is 7.09. The SMILES string of the molecule is C=C1[C@H](OCCOC)O[C@H](COC(C)O)[C@H](OC(C)=O)[C@@H]1OC(C)=O. The summed E-state index contributed by atoms with van der Waals surface area (Å²) >= 11 is 0. The first-order valence-electron chi connectivity index (χ1n) is 7.85. The summed E-state index contributed by atoms with van der Waals surface area (Å²) in [6.45, 7) is 8.17. The number of esters is 2. The topological polar surface area (TPSA) is 110 Å². The maximum absolute atomic E-state index is 11.5. The highest BCUT2D eigenvalue weighted by Gasteiger charge is 2.46. The van der Waals surface area contributed by atoms with E-state index in [4.69, 9.17) is 28.4 Å². The summed E-state index contributed by atoms with van der Waals surface area (Å²) < 4.78 is 31.9. The highest BCUT2D eigenvalue weighted by molar-refractivity contribution is 5.68. The largest absolute Gasteiger partial charge is 0.455 e. The molecule has 25 heavy (non-hydrogen) atoms. The number of aliphatic hydroxyl groups excluding tert-OH is 1.